The fraction of sp³-hybridized carbons (Fsp3) is 0. The van der Waals surface area contributed by atoms with E-state index in [1.807, 2.05) is 12.1 Å². The van der Waals surface area contributed by atoms with E-state index in [1.165, 1.54) is 59.8 Å². The number of fused-ring (bicyclic) bond motifs is 11. The smallest absolute Gasteiger partial charge is 0.143 e. The van der Waals surface area contributed by atoms with E-state index in [9.17, 15) is 0 Å². The molecule has 0 amide bonds. The summed E-state index contributed by atoms with van der Waals surface area (Å²) in [6.45, 7) is 0. The van der Waals surface area contributed by atoms with Crippen LogP contribution in [0.3, 0.4) is 0 Å². The van der Waals surface area contributed by atoms with E-state index in [0.29, 0.717) is 0 Å². The lowest BCUT2D eigenvalue weighted by atomic mass is 9.84. The zero-order valence-corrected chi connectivity index (χ0v) is 29.1. The average molecular weight is 687 g/mol. The van der Waals surface area contributed by atoms with Gasteiger partial charge in [0.25, 0.3) is 0 Å². The number of hydrogen-bond donors (Lipinski definition) is 0. The number of benzene rings is 10. The molecular formula is C52H30O2. The molecule has 2 nitrogen and oxygen atoms in total. The van der Waals surface area contributed by atoms with Crippen LogP contribution in [0.2, 0.25) is 0 Å². The lowest BCUT2D eigenvalue weighted by molar-refractivity contribution is 0.668. The highest BCUT2D eigenvalue weighted by Gasteiger charge is 2.23. The molecule has 250 valence electrons. The van der Waals surface area contributed by atoms with Crippen LogP contribution in [0.25, 0.3) is 120 Å². The minimum Gasteiger partial charge on any atom is -0.456 e. The van der Waals surface area contributed by atoms with Crippen molar-refractivity contribution in [1.82, 2.24) is 0 Å². The molecule has 2 heteroatoms. The van der Waals surface area contributed by atoms with Crippen LogP contribution in [0, 0.1) is 0 Å². The maximum Gasteiger partial charge on any atom is 0.143 e. The normalized spacial score (nSPS) is 12.1. The van der Waals surface area contributed by atoms with Gasteiger partial charge in [0, 0.05) is 32.7 Å². The Labute approximate surface area is 310 Å². The number of furan rings is 2. The Morgan fingerprint density at radius 3 is 1.56 bits per heavy atom. The molecule has 2 heterocycles. The Bertz CT molecular complexity index is 3450. The monoisotopic (exact) mass is 686 g/mol. The summed E-state index contributed by atoms with van der Waals surface area (Å²) in [7, 11) is 0. The first-order valence-electron chi connectivity index (χ1n) is 18.5. The predicted molar refractivity (Wildman–Crippen MR) is 227 cm³/mol. The molecule has 0 radical (unpaired) electrons. The van der Waals surface area contributed by atoms with Crippen LogP contribution >= 0.6 is 0 Å². The predicted octanol–water partition coefficient (Wildman–Crippen LogP) is 15.1. The summed E-state index contributed by atoms with van der Waals surface area (Å²) < 4.78 is 13.3. The lowest BCUT2D eigenvalue weighted by Gasteiger charge is -2.19. The number of rotatable bonds is 3. The van der Waals surface area contributed by atoms with E-state index >= 15 is 0 Å². The van der Waals surface area contributed by atoms with Crippen LogP contribution in [0.4, 0.5) is 0 Å². The van der Waals surface area contributed by atoms with Gasteiger partial charge in [0.1, 0.15) is 22.3 Å². The molecule has 10 aromatic carbocycles. The standard InChI is InChI=1S/C52H30O2/c1-2-12-35-31(11-1)21-22-32-29-34(24-25-36(32)35)49-40-14-3-5-16-42(40)50(43-17-6-4-15-41(43)49)45-28-27-37(51-44-18-8-10-20-47(44)54-52(45)51)33-23-26-39-38-13-7-9-19-46(38)53-48(39)30-33/h1-30H. The van der Waals surface area contributed by atoms with E-state index < -0.39 is 0 Å². The summed E-state index contributed by atoms with van der Waals surface area (Å²) in [5, 5.41) is 14.3. The number of para-hydroxylation sites is 2. The first-order valence-corrected chi connectivity index (χ1v) is 18.5. The third kappa shape index (κ3) is 4.17. The molecule has 2 aromatic heterocycles. The SMILES string of the molecule is c1ccc2c(c1)ccc1cc(-c3c4ccccc4c(-c4ccc(-c5ccc6c(c5)oc5ccccc56)c5c4oc4ccccc45)c4ccccc34)ccc12. The van der Waals surface area contributed by atoms with Gasteiger partial charge in [0.05, 0.1) is 0 Å². The highest BCUT2D eigenvalue weighted by atomic mass is 16.3. The van der Waals surface area contributed by atoms with Crippen LogP contribution in [-0.4, -0.2) is 0 Å². The molecule has 0 bridgehead atoms. The van der Waals surface area contributed by atoms with Gasteiger partial charge in [-0.1, -0.05) is 146 Å². The van der Waals surface area contributed by atoms with Crippen molar-refractivity contribution in [2.75, 3.05) is 0 Å². The summed E-state index contributed by atoms with van der Waals surface area (Å²) in [5.74, 6) is 0. The molecule has 12 aromatic rings. The third-order valence-electron chi connectivity index (χ3n) is 11.5. The fourth-order valence-electron chi connectivity index (χ4n) is 9.06. The van der Waals surface area contributed by atoms with E-state index in [0.717, 1.165) is 60.6 Å². The van der Waals surface area contributed by atoms with Crippen molar-refractivity contribution in [2.24, 2.45) is 0 Å². The minimum absolute atomic E-state index is 0.875. The maximum absolute atomic E-state index is 6.91. The minimum atomic E-state index is 0.875. The topological polar surface area (TPSA) is 26.3 Å². The van der Waals surface area contributed by atoms with Gasteiger partial charge in [0.15, 0.2) is 0 Å². The van der Waals surface area contributed by atoms with E-state index in [1.54, 1.807) is 0 Å². The molecule has 12 rings (SSSR count). The summed E-state index contributed by atoms with van der Waals surface area (Å²) >= 11 is 0. The van der Waals surface area contributed by atoms with Crippen LogP contribution in [0.5, 0.6) is 0 Å². The Kier molecular flexibility index (Phi) is 6.09. The van der Waals surface area contributed by atoms with Gasteiger partial charge < -0.3 is 8.83 Å². The second kappa shape index (κ2) is 11.2. The fourth-order valence-corrected chi connectivity index (χ4v) is 9.06. The van der Waals surface area contributed by atoms with Crippen LogP contribution in [-0.2, 0) is 0 Å². The highest BCUT2D eigenvalue weighted by Crippen LogP contribution is 2.49. The second-order valence-electron chi connectivity index (χ2n) is 14.3. The quantitative estimate of drug-likeness (QED) is 0.137. The van der Waals surface area contributed by atoms with Crippen molar-refractivity contribution in [3.8, 4) is 33.4 Å². The highest BCUT2D eigenvalue weighted by molar-refractivity contribution is 6.26. The largest absolute Gasteiger partial charge is 0.456 e. The Balaban J connectivity index is 1.13. The van der Waals surface area contributed by atoms with E-state index in [-0.39, 0.29) is 0 Å². The zero-order chi connectivity index (χ0) is 35.3. The number of hydrogen-bond acceptors (Lipinski definition) is 2. The molecule has 0 saturated carbocycles. The molecule has 0 fully saturated rings. The average Bonchev–Trinajstić information content (AvgIpc) is 3.81. The molecular weight excluding hydrogens is 657 g/mol. The van der Waals surface area contributed by atoms with Crippen molar-refractivity contribution in [2.45, 2.75) is 0 Å². The molecule has 0 atom stereocenters. The summed E-state index contributed by atoms with van der Waals surface area (Å²) in [6, 6.07) is 65.6. The Morgan fingerprint density at radius 2 is 0.796 bits per heavy atom. The van der Waals surface area contributed by atoms with Crippen LogP contribution in [0.15, 0.2) is 191 Å². The van der Waals surface area contributed by atoms with Gasteiger partial charge in [-0.3, -0.25) is 0 Å². The molecule has 0 N–H and O–H groups in total. The van der Waals surface area contributed by atoms with Crippen molar-refractivity contribution in [3.63, 3.8) is 0 Å². The molecule has 0 aliphatic rings. The molecule has 0 aliphatic heterocycles. The lowest BCUT2D eigenvalue weighted by Crippen LogP contribution is -1.92. The first-order chi connectivity index (χ1) is 26.8. The Hall–Kier alpha value is -7.16. The summed E-state index contributed by atoms with van der Waals surface area (Å²) in [4.78, 5) is 0. The maximum atomic E-state index is 6.91. The van der Waals surface area contributed by atoms with E-state index in [4.69, 9.17) is 8.83 Å². The van der Waals surface area contributed by atoms with Crippen molar-refractivity contribution >= 4 is 87.0 Å². The summed E-state index contributed by atoms with van der Waals surface area (Å²) in [5.41, 5.74) is 10.5. The van der Waals surface area contributed by atoms with Gasteiger partial charge in [-0.25, -0.2) is 0 Å². The van der Waals surface area contributed by atoms with Gasteiger partial charge in [0.2, 0.25) is 0 Å². The Morgan fingerprint density at radius 1 is 0.278 bits per heavy atom. The molecule has 0 saturated heterocycles. The molecule has 0 aliphatic carbocycles. The van der Waals surface area contributed by atoms with Crippen LogP contribution < -0.4 is 0 Å². The molecule has 0 spiro atoms. The van der Waals surface area contributed by atoms with Gasteiger partial charge >= 0.3 is 0 Å². The molecule has 0 unspecified atom stereocenters. The van der Waals surface area contributed by atoms with Gasteiger partial charge in [-0.15, -0.1) is 0 Å². The van der Waals surface area contributed by atoms with Gasteiger partial charge in [-0.2, -0.15) is 0 Å². The van der Waals surface area contributed by atoms with E-state index in [2.05, 4.69) is 170 Å². The molecule has 54 heavy (non-hydrogen) atoms. The van der Waals surface area contributed by atoms with Crippen LogP contribution in [0.1, 0.15) is 0 Å². The van der Waals surface area contributed by atoms with Gasteiger partial charge in [-0.05, 0) is 102 Å². The van der Waals surface area contributed by atoms with Crippen molar-refractivity contribution in [3.05, 3.63) is 182 Å². The van der Waals surface area contributed by atoms with Crippen molar-refractivity contribution < 1.29 is 8.83 Å². The second-order valence-corrected chi connectivity index (χ2v) is 14.3. The third-order valence-corrected chi connectivity index (χ3v) is 11.5. The zero-order valence-electron chi connectivity index (χ0n) is 29.1. The summed E-state index contributed by atoms with van der Waals surface area (Å²) in [6.07, 6.45) is 0. The first kappa shape index (κ1) is 29.4. The van der Waals surface area contributed by atoms with Crippen molar-refractivity contribution in [1.29, 1.82) is 0 Å².